The molecule has 0 fully saturated rings. The number of phenolic OH excluding ortho intramolecular Hbond substituents is 1. The first-order chi connectivity index (χ1) is 8.70. The molecular weight excluding hydrogens is 222 g/mol. The van der Waals surface area contributed by atoms with E-state index < -0.39 is 0 Å². The number of benzene rings is 2. The number of hydrogen-bond donors (Lipinski definition) is 2. The number of aromatic hydroxyl groups is 1. The van der Waals surface area contributed by atoms with Crippen molar-refractivity contribution in [3.63, 3.8) is 0 Å². The third-order valence-corrected chi connectivity index (χ3v) is 3.18. The monoisotopic (exact) mass is 241 g/mol. The quantitative estimate of drug-likeness (QED) is 0.796. The molecule has 2 nitrogen and oxygen atoms in total. The van der Waals surface area contributed by atoms with Crippen LogP contribution in [0.5, 0.6) is 5.75 Å². The average Bonchev–Trinajstić information content (AvgIpc) is 2.40. The van der Waals surface area contributed by atoms with Crippen LogP contribution >= 0.6 is 0 Å². The van der Waals surface area contributed by atoms with Crippen molar-refractivity contribution >= 4 is 5.69 Å². The van der Waals surface area contributed by atoms with Crippen LogP contribution in [-0.4, -0.2) is 5.11 Å². The van der Waals surface area contributed by atoms with Crippen LogP contribution in [0.25, 0.3) is 0 Å². The molecular formula is C16H19NO. The molecule has 0 aliphatic heterocycles. The lowest BCUT2D eigenvalue weighted by molar-refractivity contribution is 0.471. The molecule has 2 heteroatoms. The van der Waals surface area contributed by atoms with Gasteiger partial charge in [0.25, 0.3) is 0 Å². The van der Waals surface area contributed by atoms with Crippen LogP contribution in [0.3, 0.4) is 0 Å². The van der Waals surface area contributed by atoms with Gasteiger partial charge in [-0.2, -0.15) is 0 Å². The Morgan fingerprint density at radius 1 is 1.06 bits per heavy atom. The van der Waals surface area contributed by atoms with Gasteiger partial charge >= 0.3 is 0 Å². The van der Waals surface area contributed by atoms with Gasteiger partial charge in [-0.3, -0.25) is 0 Å². The number of aryl methyl sites for hydroxylation is 2. The Balaban J connectivity index is 2.09. The molecule has 0 aliphatic rings. The summed E-state index contributed by atoms with van der Waals surface area (Å²) in [5.74, 6) is 0.342. The van der Waals surface area contributed by atoms with E-state index in [-0.39, 0.29) is 0 Å². The van der Waals surface area contributed by atoms with Gasteiger partial charge in [0.1, 0.15) is 5.75 Å². The topological polar surface area (TPSA) is 32.3 Å². The van der Waals surface area contributed by atoms with Gasteiger partial charge in [0, 0.05) is 12.2 Å². The molecule has 0 bridgehead atoms. The van der Waals surface area contributed by atoms with Crippen molar-refractivity contribution in [1.29, 1.82) is 0 Å². The minimum atomic E-state index is 0.342. The Hall–Kier alpha value is -1.96. The van der Waals surface area contributed by atoms with E-state index >= 15 is 0 Å². The minimum Gasteiger partial charge on any atom is -0.508 e. The van der Waals surface area contributed by atoms with Gasteiger partial charge < -0.3 is 10.4 Å². The fourth-order valence-electron chi connectivity index (χ4n) is 2.04. The van der Waals surface area contributed by atoms with Crippen LogP contribution < -0.4 is 5.32 Å². The van der Waals surface area contributed by atoms with Crippen molar-refractivity contribution in [2.75, 3.05) is 5.32 Å². The van der Waals surface area contributed by atoms with Crippen LogP contribution in [-0.2, 0) is 13.0 Å². The summed E-state index contributed by atoms with van der Waals surface area (Å²) >= 11 is 0. The Morgan fingerprint density at radius 2 is 1.78 bits per heavy atom. The highest BCUT2D eigenvalue weighted by atomic mass is 16.3. The molecule has 18 heavy (non-hydrogen) atoms. The van der Waals surface area contributed by atoms with Crippen molar-refractivity contribution in [2.45, 2.75) is 26.8 Å². The van der Waals surface area contributed by atoms with Crippen molar-refractivity contribution in [3.05, 3.63) is 59.2 Å². The molecule has 94 valence electrons. The largest absolute Gasteiger partial charge is 0.508 e. The molecule has 2 aromatic rings. The summed E-state index contributed by atoms with van der Waals surface area (Å²) in [4.78, 5) is 0. The van der Waals surface area contributed by atoms with Gasteiger partial charge in [0.05, 0.1) is 0 Å². The van der Waals surface area contributed by atoms with Gasteiger partial charge in [0.2, 0.25) is 0 Å². The Kier molecular flexibility index (Phi) is 3.88. The van der Waals surface area contributed by atoms with E-state index in [1.54, 1.807) is 6.07 Å². The van der Waals surface area contributed by atoms with Crippen molar-refractivity contribution < 1.29 is 5.11 Å². The first-order valence-electron chi connectivity index (χ1n) is 6.31. The number of hydrogen-bond acceptors (Lipinski definition) is 2. The second-order valence-corrected chi connectivity index (χ2v) is 4.48. The molecule has 0 saturated heterocycles. The van der Waals surface area contributed by atoms with Crippen LogP contribution in [0.1, 0.15) is 23.6 Å². The smallest absolute Gasteiger partial charge is 0.118 e. The predicted octanol–water partition coefficient (Wildman–Crippen LogP) is 3.88. The van der Waals surface area contributed by atoms with Crippen LogP contribution in [0.2, 0.25) is 0 Å². The van der Waals surface area contributed by atoms with Crippen molar-refractivity contribution in [2.24, 2.45) is 0 Å². The van der Waals surface area contributed by atoms with Gasteiger partial charge in [0.15, 0.2) is 0 Å². The molecule has 0 atom stereocenters. The summed E-state index contributed by atoms with van der Waals surface area (Å²) in [6.45, 7) is 4.89. The van der Waals surface area contributed by atoms with E-state index in [1.807, 2.05) is 19.1 Å². The lowest BCUT2D eigenvalue weighted by Crippen LogP contribution is -2.02. The van der Waals surface area contributed by atoms with Gasteiger partial charge in [-0.15, -0.1) is 0 Å². The van der Waals surface area contributed by atoms with E-state index in [2.05, 4.69) is 36.5 Å². The zero-order valence-corrected chi connectivity index (χ0v) is 10.9. The highest BCUT2D eigenvalue weighted by Crippen LogP contribution is 2.21. The zero-order chi connectivity index (χ0) is 13.0. The first-order valence-corrected chi connectivity index (χ1v) is 6.31. The summed E-state index contributed by atoms with van der Waals surface area (Å²) in [6, 6.07) is 14.0. The van der Waals surface area contributed by atoms with E-state index in [0.717, 1.165) is 24.2 Å². The normalized spacial score (nSPS) is 10.3. The van der Waals surface area contributed by atoms with Crippen molar-refractivity contribution in [3.8, 4) is 5.75 Å². The molecule has 0 aliphatic carbocycles. The SMILES string of the molecule is CCc1ccccc1CNc1ccc(O)c(C)c1. The fraction of sp³-hybridized carbons (Fsp3) is 0.250. The van der Waals surface area contributed by atoms with Gasteiger partial charge in [-0.1, -0.05) is 31.2 Å². The lowest BCUT2D eigenvalue weighted by atomic mass is 10.1. The maximum absolute atomic E-state index is 9.48. The molecule has 0 aromatic heterocycles. The van der Waals surface area contributed by atoms with E-state index in [0.29, 0.717) is 5.75 Å². The molecule has 0 unspecified atom stereocenters. The number of anilines is 1. The third kappa shape index (κ3) is 2.83. The van der Waals surface area contributed by atoms with E-state index in [1.165, 1.54) is 11.1 Å². The summed E-state index contributed by atoms with van der Waals surface area (Å²) < 4.78 is 0. The highest BCUT2D eigenvalue weighted by molar-refractivity contribution is 5.50. The molecule has 2 rings (SSSR count). The molecule has 0 heterocycles. The minimum absolute atomic E-state index is 0.342. The number of nitrogens with one attached hydrogen (secondary N) is 1. The van der Waals surface area contributed by atoms with Crippen LogP contribution in [0.15, 0.2) is 42.5 Å². The number of rotatable bonds is 4. The standard InChI is InChI=1S/C16H19NO/c1-3-13-6-4-5-7-14(13)11-17-15-8-9-16(18)12(2)10-15/h4-10,17-18H,3,11H2,1-2H3. The van der Waals surface area contributed by atoms with Gasteiger partial charge in [-0.25, -0.2) is 0 Å². The average molecular weight is 241 g/mol. The second-order valence-electron chi connectivity index (χ2n) is 4.48. The summed E-state index contributed by atoms with van der Waals surface area (Å²) in [5.41, 5.74) is 4.63. The van der Waals surface area contributed by atoms with E-state index in [4.69, 9.17) is 0 Å². The molecule has 0 amide bonds. The molecule has 0 spiro atoms. The Morgan fingerprint density at radius 3 is 2.44 bits per heavy atom. The first kappa shape index (κ1) is 12.5. The Bertz CT molecular complexity index is 534. The van der Waals surface area contributed by atoms with E-state index in [9.17, 15) is 5.11 Å². The fourth-order valence-corrected chi connectivity index (χ4v) is 2.04. The maximum atomic E-state index is 9.48. The highest BCUT2D eigenvalue weighted by Gasteiger charge is 2.01. The summed E-state index contributed by atoms with van der Waals surface area (Å²) in [5, 5.41) is 12.9. The maximum Gasteiger partial charge on any atom is 0.118 e. The molecule has 2 aromatic carbocycles. The predicted molar refractivity (Wildman–Crippen MR) is 76.0 cm³/mol. The Labute approximate surface area is 108 Å². The molecule has 0 radical (unpaired) electrons. The van der Waals surface area contributed by atoms with Crippen LogP contribution in [0, 0.1) is 6.92 Å². The van der Waals surface area contributed by atoms with Crippen LogP contribution in [0.4, 0.5) is 5.69 Å². The third-order valence-electron chi connectivity index (χ3n) is 3.18. The second kappa shape index (κ2) is 5.58. The zero-order valence-electron chi connectivity index (χ0n) is 10.9. The number of phenols is 1. The molecule has 0 saturated carbocycles. The lowest BCUT2D eigenvalue weighted by Gasteiger charge is -2.11. The van der Waals surface area contributed by atoms with Crippen molar-refractivity contribution in [1.82, 2.24) is 0 Å². The summed E-state index contributed by atoms with van der Waals surface area (Å²) in [6.07, 6.45) is 1.05. The van der Waals surface area contributed by atoms with Gasteiger partial charge in [-0.05, 0) is 48.2 Å². The summed E-state index contributed by atoms with van der Waals surface area (Å²) in [7, 11) is 0. The molecule has 2 N–H and O–H groups in total.